The average molecular weight is 479 g/mol. The largest absolute Gasteiger partial charge is 0.465 e. The highest BCUT2D eigenvalue weighted by Crippen LogP contribution is 2.34. The molecule has 0 aliphatic heterocycles. The minimum atomic E-state index is -0.922. The number of nitrogens with two attached hydrogens (primary N) is 1. The number of ketones is 2. The van der Waals surface area contributed by atoms with Crippen LogP contribution in [0.25, 0.3) is 0 Å². The summed E-state index contributed by atoms with van der Waals surface area (Å²) in [6.45, 7) is -0.524. The molecular weight excluding hydrogens is 462 g/mol. The number of hydrogen-bond donors (Lipinski definition) is 1. The summed E-state index contributed by atoms with van der Waals surface area (Å²) in [5, 5.41) is -0.00669. The van der Waals surface area contributed by atoms with Crippen molar-refractivity contribution in [1.82, 2.24) is 0 Å². The van der Waals surface area contributed by atoms with E-state index in [2.05, 4.69) is 0 Å². The molecule has 1 heterocycles. The van der Waals surface area contributed by atoms with Crippen LogP contribution in [0.1, 0.15) is 67.8 Å². The highest BCUT2D eigenvalue weighted by Gasteiger charge is 2.34. The van der Waals surface area contributed by atoms with Crippen LogP contribution in [0.2, 0.25) is 0 Å². The SMILES string of the molecule is COC(=O)c1sc(N)c(C(=O)OC)c1COC(=O)c1cccc2c1C(=O)c1ccccc1C2=O. The first-order valence-corrected chi connectivity index (χ1v) is 10.7. The zero-order valence-electron chi connectivity index (χ0n) is 18.0. The van der Waals surface area contributed by atoms with Gasteiger partial charge in [0.15, 0.2) is 11.6 Å². The molecule has 0 saturated carbocycles. The Balaban J connectivity index is 1.70. The van der Waals surface area contributed by atoms with Gasteiger partial charge in [-0.2, -0.15) is 0 Å². The molecule has 1 aliphatic carbocycles. The lowest BCUT2D eigenvalue weighted by Gasteiger charge is -2.19. The standard InChI is InChI=1S/C24H17NO8S/c1-31-23(29)17-15(20(24(30)32-2)34-21(17)25)10-33-22(28)14-9-5-8-13-16(14)19(27)12-7-4-3-6-11(12)18(13)26/h3-9H,10,25H2,1-2H3. The maximum absolute atomic E-state index is 13.1. The number of thiophene rings is 1. The molecule has 2 N–H and O–H groups in total. The van der Waals surface area contributed by atoms with E-state index in [4.69, 9.17) is 19.9 Å². The van der Waals surface area contributed by atoms with Crippen molar-refractivity contribution < 1.29 is 38.2 Å². The number of carbonyl (C=O) groups is 5. The molecule has 3 aromatic rings. The predicted octanol–water partition coefficient (Wildman–Crippen LogP) is 3.04. The Bertz CT molecular complexity index is 1390. The Labute approximate surface area is 197 Å². The van der Waals surface area contributed by atoms with Gasteiger partial charge in [-0.25, -0.2) is 14.4 Å². The van der Waals surface area contributed by atoms with Gasteiger partial charge in [0.05, 0.1) is 19.8 Å². The van der Waals surface area contributed by atoms with Gasteiger partial charge in [-0.05, 0) is 6.07 Å². The van der Waals surface area contributed by atoms with Crippen LogP contribution in [0.3, 0.4) is 0 Å². The van der Waals surface area contributed by atoms with Crippen LogP contribution in [0, 0.1) is 0 Å². The lowest BCUT2D eigenvalue weighted by molar-refractivity contribution is 0.0450. The molecule has 4 rings (SSSR count). The van der Waals surface area contributed by atoms with Crippen molar-refractivity contribution in [2.45, 2.75) is 6.61 Å². The second-order valence-electron chi connectivity index (χ2n) is 7.14. The summed E-state index contributed by atoms with van der Waals surface area (Å²) in [4.78, 5) is 63.4. The van der Waals surface area contributed by atoms with Gasteiger partial charge in [0, 0.05) is 27.8 Å². The lowest BCUT2D eigenvalue weighted by Crippen LogP contribution is -2.24. The van der Waals surface area contributed by atoms with Crippen LogP contribution in [0.15, 0.2) is 42.5 Å². The summed E-state index contributed by atoms with van der Waals surface area (Å²) in [5.74, 6) is -3.37. The number of carbonyl (C=O) groups excluding carboxylic acids is 5. The molecule has 0 bridgehead atoms. The summed E-state index contributed by atoms with van der Waals surface area (Å²) in [6.07, 6.45) is 0. The van der Waals surface area contributed by atoms with E-state index in [0.717, 1.165) is 25.6 Å². The molecule has 9 nitrogen and oxygen atoms in total. The molecule has 1 aromatic heterocycles. The van der Waals surface area contributed by atoms with E-state index in [1.165, 1.54) is 24.3 Å². The third-order valence-corrected chi connectivity index (χ3v) is 6.36. The topological polar surface area (TPSA) is 139 Å². The average Bonchev–Trinajstić information content (AvgIpc) is 3.20. The first kappa shape index (κ1) is 22.9. The van der Waals surface area contributed by atoms with E-state index in [0.29, 0.717) is 0 Å². The van der Waals surface area contributed by atoms with Crippen LogP contribution < -0.4 is 5.73 Å². The van der Waals surface area contributed by atoms with Gasteiger partial charge in [0.1, 0.15) is 22.0 Å². The Morgan fingerprint density at radius 3 is 2.09 bits per heavy atom. The van der Waals surface area contributed by atoms with Crippen molar-refractivity contribution in [3.05, 3.63) is 86.3 Å². The van der Waals surface area contributed by atoms with Gasteiger partial charge in [-0.15, -0.1) is 11.3 Å². The monoisotopic (exact) mass is 479 g/mol. The molecule has 10 heteroatoms. The molecule has 0 amide bonds. The molecule has 172 valence electrons. The van der Waals surface area contributed by atoms with E-state index in [1.54, 1.807) is 18.2 Å². The molecule has 0 fully saturated rings. The molecular formula is C24H17NO8S. The van der Waals surface area contributed by atoms with Gasteiger partial charge in [0.25, 0.3) is 0 Å². The molecule has 0 spiro atoms. The summed E-state index contributed by atoms with van der Waals surface area (Å²) in [5.41, 5.74) is 6.13. The van der Waals surface area contributed by atoms with E-state index in [1.807, 2.05) is 0 Å². The fourth-order valence-corrected chi connectivity index (χ4v) is 4.72. The van der Waals surface area contributed by atoms with Crippen LogP contribution in [0.5, 0.6) is 0 Å². The number of methoxy groups -OCH3 is 2. The summed E-state index contributed by atoms with van der Waals surface area (Å²) in [6, 6.07) is 10.6. The minimum absolute atomic E-state index is 0.00669. The number of nitrogen functional groups attached to an aromatic ring is 1. The maximum Gasteiger partial charge on any atom is 0.348 e. The fraction of sp³-hybridized carbons (Fsp3) is 0.125. The molecule has 0 unspecified atom stereocenters. The van der Waals surface area contributed by atoms with E-state index < -0.39 is 30.3 Å². The Morgan fingerprint density at radius 1 is 0.824 bits per heavy atom. The number of esters is 3. The number of fused-ring (bicyclic) bond motifs is 2. The molecule has 0 atom stereocenters. The van der Waals surface area contributed by atoms with Crippen LogP contribution in [0.4, 0.5) is 5.00 Å². The number of anilines is 1. The van der Waals surface area contributed by atoms with Crippen LogP contribution in [-0.2, 0) is 20.8 Å². The predicted molar refractivity (Wildman–Crippen MR) is 120 cm³/mol. The number of rotatable bonds is 5. The molecule has 1 aliphatic rings. The summed E-state index contributed by atoms with van der Waals surface area (Å²) >= 11 is 0.793. The Morgan fingerprint density at radius 2 is 1.44 bits per heavy atom. The normalized spacial score (nSPS) is 11.9. The number of hydrogen-bond acceptors (Lipinski definition) is 10. The number of benzene rings is 2. The van der Waals surface area contributed by atoms with Gasteiger partial charge < -0.3 is 19.9 Å². The Hall–Kier alpha value is -4.31. The third-order valence-electron chi connectivity index (χ3n) is 5.31. The van der Waals surface area contributed by atoms with E-state index in [9.17, 15) is 24.0 Å². The Kier molecular flexibility index (Phi) is 5.99. The molecule has 34 heavy (non-hydrogen) atoms. The van der Waals surface area contributed by atoms with Crippen LogP contribution >= 0.6 is 11.3 Å². The van der Waals surface area contributed by atoms with Crippen LogP contribution in [-0.4, -0.2) is 43.7 Å². The smallest absolute Gasteiger partial charge is 0.348 e. The fourth-order valence-electron chi connectivity index (χ4n) is 3.74. The van der Waals surface area contributed by atoms with Gasteiger partial charge in [-0.1, -0.05) is 36.4 Å². The van der Waals surface area contributed by atoms with Crippen molar-refractivity contribution in [1.29, 1.82) is 0 Å². The zero-order valence-corrected chi connectivity index (χ0v) is 18.8. The van der Waals surface area contributed by atoms with Crippen molar-refractivity contribution in [3.8, 4) is 0 Å². The number of ether oxygens (including phenoxy) is 3. The summed E-state index contributed by atoms with van der Waals surface area (Å²) in [7, 11) is 2.30. The second-order valence-corrected chi connectivity index (χ2v) is 8.19. The third kappa shape index (κ3) is 3.63. The van der Waals surface area contributed by atoms with Crippen molar-refractivity contribution in [2.75, 3.05) is 20.0 Å². The first-order valence-electron chi connectivity index (χ1n) is 9.86. The van der Waals surface area contributed by atoms with Gasteiger partial charge in [-0.3, -0.25) is 9.59 Å². The van der Waals surface area contributed by atoms with Crippen molar-refractivity contribution in [2.24, 2.45) is 0 Å². The van der Waals surface area contributed by atoms with Crippen molar-refractivity contribution >= 4 is 45.8 Å². The minimum Gasteiger partial charge on any atom is -0.465 e. The maximum atomic E-state index is 13.1. The highest BCUT2D eigenvalue weighted by atomic mass is 32.1. The van der Waals surface area contributed by atoms with E-state index in [-0.39, 0.29) is 54.6 Å². The second kappa shape index (κ2) is 8.91. The van der Waals surface area contributed by atoms with Gasteiger partial charge in [0.2, 0.25) is 0 Å². The zero-order chi connectivity index (χ0) is 24.6. The quantitative estimate of drug-likeness (QED) is 0.338. The van der Waals surface area contributed by atoms with E-state index >= 15 is 0 Å². The summed E-state index contributed by atoms with van der Waals surface area (Å²) < 4.78 is 14.8. The van der Waals surface area contributed by atoms with Gasteiger partial charge >= 0.3 is 17.9 Å². The van der Waals surface area contributed by atoms with Crippen molar-refractivity contribution in [3.63, 3.8) is 0 Å². The molecule has 2 aromatic carbocycles. The lowest BCUT2D eigenvalue weighted by atomic mass is 9.82. The highest BCUT2D eigenvalue weighted by molar-refractivity contribution is 7.18. The molecule has 0 saturated heterocycles. The molecule has 0 radical (unpaired) electrons. The first-order chi connectivity index (χ1) is 16.3.